The van der Waals surface area contributed by atoms with E-state index in [-0.39, 0.29) is 5.41 Å². The molecule has 0 aromatic heterocycles. The summed E-state index contributed by atoms with van der Waals surface area (Å²) < 4.78 is 14.3. The second kappa shape index (κ2) is 8.10. The van der Waals surface area contributed by atoms with Gasteiger partial charge in [-0.25, -0.2) is 4.39 Å². The second-order valence-corrected chi connectivity index (χ2v) is 12.7. The van der Waals surface area contributed by atoms with Crippen LogP contribution in [0.15, 0.2) is 0 Å². The van der Waals surface area contributed by atoms with Gasteiger partial charge in [-0.15, -0.1) is 0 Å². The summed E-state index contributed by atoms with van der Waals surface area (Å²) in [7, 11) is 0. The fourth-order valence-electron chi connectivity index (χ4n) is 9.27. The third kappa shape index (κ3) is 3.72. The van der Waals surface area contributed by atoms with E-state index in [1.54, 1.807) is 0 Å². The Morgan fingerprint density at radius 1 is 0.931 bits per heavy atom. The molecule has 4 rings (SSSR count). The Morgan fingerprint density at radius 3 is 2.38 bits per heavy atom. The van der Waals surface area contributed by atoms with Gasteiger partial charge in [0.2, 0.25) is 0 Å². The van der Waals surface area contributed by atoms with Crippen LogP contribution in [0.1, 0.15) is 105 Å². The Morgan fingerprint density at radius 2 is 1.66 bits per heavy atom. The Hall–Kier alpha value is -0.110. The van der Waals surface area contributed by atoms with Crippen LogP contribution in [-0.4, -0.2) is 17.4 Å². The first-order valence-electron chi connectivity index (χ1n) is 13.0. The summed E-state index contributed by atoms with van der Waals surface area (Å²) in [6.07, 6.45) is 11.9. The number of halogens is 1. The molecule has 0 aromatic carbocycles. The van der Waals surface area contributed by atoms with Crippen molar-refractivity contribution in [2.24, 2.45) is 52.3 Å². The van der Waals surface area contributed by atoms with Gasteiger partial charge in [-0.2, -0.15) is 0 Å². The van der Waals surface area contributed by atoms with Crippen LogP contribution < -0.4 is 0 Å². The van der Waals surface area contributed by atoms with Crippen LogP contribution in [0.2, 0.25) is 0 Å². The molecule has 10 atom stereocenters. The first-order valence-corrected chi connectivity index (χ1v) is 13.0. The molecule has 168 valence electrons. The number of aliphatic hydroxyl groups excluding tert-OH is 1. The molecule has 1 N–H and O–H groups in total. The van der Waals surface area contributed by atoms with Gasteiger partial charge in [-0.05, 0) is 104 Å². The minimum absolute atomic E-state index is 0.174. The van der Waals surface area contributed by atoms with Gasteiger partial charge < -0.3 is 5.11 Å². The normalized spacial score (nSPS) is 50.7. The Kier molecular flexibility index (Phi) is 6.17. The molecule has 2 heteroatoms. The van der Waals surface area contributed by atoms with Gasteiger partial charge in [0.15, 0.2) is 0 Å². The van der Waals surface area contributed by atoms with Gasteiger partial charge in [0.25, 0.3) is 0 Å². The minimum Gasteiger partial charge on any atom is -0.390 e. The van der Waals surface area contributed by atoms with Crippen LogP contribution in [0.3, 0.4) is 0 Å². The van der Waals surface area contributed by atoms with E-state index in [0.717, 1.165) is 35.5 Å². The van der Waals surface area contributed by atoms with Gasteiger partial charge in [0.05, 0.1) is 6.10 Å². The average molecular weight is 407 g/mol. The van der Waals surface area contributed by atoms with Crippen LogP contribution in [0.4, 0.5) is 4.39 Å². The van der Waals surface area contributed by atoms with Crippen LogP contribution in [0.5, 0.6) is 0 Å². The zero-order chi connectivity index (χ0) is 21.0. The van der Waals surface area contributed by atoms with Gasteiger partial charge >= 0.3 is 0 Å². The number of alkyl halides is 1. The summed E-state index contributed by atoms with van der Waals surface area (Å²) in [4.78, 5) is 0. The van der Waals surface area contributed by atoms with E-state index in [2.05, 4.69) is 34.6 Å². The maximum atomic E-state index is 14.3. The molecule has 0 aromatic rings. The quantitative estimate of drug-likeness (QED) is 0.504. The van der Waals surface area contributed by atoms with E-state index in [4.69, 9.17) is 0 Å². The van der Waals surface area contributed by atoms with E-state index in [1.165, 1.54) is 57.8 Å². The minimum atomic E-state index is -0.985. The van der Waals surface area contributed by atoms with E-state index in [0.29, 0.717) is 24.2 Å². The third-order valence-corrected chi connectivity index (χ3v) is 10.8. The van der Waals surface area contributed by atoms with Gasteiger partial charge in [0, 0.05) is 0 Å². The van der Waals surface area contributed by atoms with Crippen molar-refractivity contribution in [1.29, 1.82) is 0 Å². The molecule has 29 heavy (non-hydrogen) atoms. The van der Waals surface area contributed by atoms with Crippen molar-refractivity contribution in [3.05, 3.63) is 0 Å². The van der Waals surface area contributed by atoms with Crippen molar-refractivity contribution in [2.75, 3.05) is 0 Å². The highest BCUT2D eigenvalue weighted by molar-refractivity contribution is 5.10. The third-order valence-electron chi connectivity index (χ3n) is 10.8. The van der Waals surface area contributed by atoms with E-state index >= 15 is 0 Å². The predicted octanol–water partition coefficient (Wildman–Crippen LogP) is 7.42. The number of fused-ring (bicyclic) bond motifs is 5. The maximum Gasteiger partial charge on any atom is 0.126 e. The van der Waals surface area contributed by atoms with Gasteiger partial charge in [0.1, 0.15) is 6.17 Å². The molecule has 4 aliphatic carbocycles. The number of hydrogen-bond acceptors (Lipinski definition) is 1. The van der Waals surface area contributed by atoms with Crippen LogP contribution in [0, 0.1) is 52.3 Å². The molecule has 0 saturated heterocycles. The zero-order valence-electron chi connectivity index (χ0n) is 19.8. The molecule has 0 unspecified atom stereocenters. The summed E-state index contributed by atoms with van der Waals surface area (Å²) in [6.45, 7) is 12.3. The Labute approximate surface area is 179 Å². The summed E-state index contributed by atoms with van der Waals surface area (Å²) in [5.74, 6) is 5.50. The first-order chi connectivity index (χ1) is 13.7. The van der Waals surface area contributed by atoms with Gasteiger partial charge in [-0.3, -0.25) is 0 Å². The molecular formula is C27H47FO. The molecule has 0 amide bonds. The molecule has 0 aliphatic heterocycles. The van der Waals surface area contributed by atoms with Crippen molar-refractivity contribution in [2.45, 2.75) is 118 Å². The predicted molar refractivity (Wildman–Crippen MR) is 119 cm³/mol. The highest BCUT2D eigenvalue weighted by Gasteiger charge is 2.61. The van der Waals surface area contributed by atoms with Crippen molar-refractivity contribution >= 4 is 0 Å². The number of hydrogen-bond donors (Lipinski definition) is 1. The second-order valence-electron chi connectivity index (χ2n) is 12.7. The topological polar surface area (TPSA) is 20.2 Å². The molecule has 4 saturated carbocycles. The maximum absolute atomic E-state index is 14.3. The summed E-state index contributed by atoms with van der Waals surface area (Å²) >= 11 is 0. The highest BCUT2D eigenvalue weighted by atomic mass is 19.1. The van der Waals surface area contributed by atoms with Crippen molar-refractivity contribution in [3.8, 4) is 0 Å². The molecular weight excluding hydrogens is 359 g/mol. The summed E-state index contributed by atoms with van der Waals surface area (Å²) in [5, 5.41) is 10.4. The Bertz CT molecular complexity index is 575. The van der Waals surface area contributed by atoms with Crippen molar-refractivity contribution < 1.29 is 9.50 Å². The average Bonchev–Trinajstić information content (AvgIpc) is 3.00. The fraction of sp³-hybridized carbons (Fsp3) is 1.00. The lowest BCUT2D eigenvalue weighted by Gasteiger charge is -2.61. The van der Waals surface area contributed by atoms with Crippen LogP contribution >= 0.6 is 0 Å². The molecule has 0 bridgehead atoms. The molecule has 0 radical (unpaired) electrons. The number of rotatable bonds is 5. The lowest BCUT2D eigenvalue weighted by atomic mass is 9.44. The monoisotopic (exact) mass is 406 g/mol. The van der Waals surface area contributed by atoms with Crippen molar-refractivity contribution in [1.82, 2.24) is 0 Å². The first kappa shape index (κ1) is 22.1. The molecule has 4 aliphatic rings. The van der Waals surface area contributed by atoms with E-state index in [9.17, 15) is 9.50 Å². The SMILES string of the molecule is CC(C)CCC[C@@H](C)[C@H]1CC[C@H]2[C@@H]3CC[C@H]4C[C@H](F)[C@H](O)C[C@]4(C)[C@H]3CC[C@]12C. The van der Waals surface area contributed by atoms with E-state index in [1.807, 2.05) is 0 Å². The molecule has 0 heterocycles. The lowest BCUT2D eigenvalue weighted by Crippen LogP contribution is -2.56. The smallest absolute Gasteiger partial charge is 0.126 e. The largest absolute Gasteiger partial charge is 0.390 e. The highest BCUT2D eigenvalue weighted by Crippen LogP contribution is 2.68. The Balaban J connectivity index is 1.47. The zero-order valence-corrected chi connectivity index (χ0v) is 19.8. The van der Waals surface area contributed by atoms with Crippen LogP contribution in [-0.2, 0) is 0 Å². The molecule has 0 spiro atoms. The van der Waals surface area contributed by atoms with Gasteiger partial charge in [-0.1, -0.05) is 53.9 Å². The standard InChI is InChI=1S/C27H47FO/c1-17(2)7-6-8-18(3)21-11-12-22-20-10-9-19-15-24(28)25(29)16-27(19,5)23(20)13-14-26(21,22)4/h17-25,29H,6-16H2,1-5H3/t18-,19+,20+,21-,22+,23+,24+,25-,26-,27+/m1/s1. The van der Waals surface area contributed by atoms with E-state index < -0.39 is 12.3 Å². The number of aliphatic hydroxyl groups is 1. The summed E-state index contributed by atoms with van der Waals surface area (Å²) in [5.41, 5.74) is 0.699. The lowest BCUT2D eigenvalue weighted by molar-refractivity contribution is -0.149. The fourth-order valence-corrected chi connectivity index (χ4v) is 9.27. The van der Waals surface area contributed by atoms with Crippen LogP contribution in [0.25, 0.3) is 0 Å². The molecule has 4 fully saturated rings. The molecule has 1 nitrogen and oxygen atoms in total. The van der Waals surface area contributed by atoms with Crippen molar-refractivity contribution in [3.63, 3.8) is 0 Å². The summed E-state index contributed by atoms with van der Waals surface area (Å²) in [6, 6.07) is 0.